The van der Waals surface area contributed by atoms with Gasteiger partial charge in [-0.2, -0.15) is 0 Å². The van der Waals surface area contributed by atoms with E-state index in [2.05, 4.69) is 52.3 Å². The van der Waals surface area contributed by atoms with Gasteiger partial charge in [-0.15, -0.1) is 0 Å². The number of hydrogen-bond donors (Lipinski definition) is 2. The van der Waals surface area contributed by atoms with E-state index in [4.69, 9.17) is 0 Å². The van der Waals surface area contributed by atoms with Crippen molar-refractivity contribution < 1.29 is 0 Å². The minimum atomic E-state index is 0.512. The highest BCUT2D eigenvalue weighted by molar-refractivity contribution is 14.1. The topological polar surface area (TPSA) is 24.1 Å². The van der Waals surface area contributed by atoms with Crippen molar-refractivity contribution in [2.75, 3.05) is 18.9 Å². The zero-order valence-corrected chi connectivity index (χ0v) is 10.7. The second-order valence-electron chi connectivity index (χ2n) is 3.71. The van der Waals surface area contributed by atoms with Gasteiger partial charge >= 0.3 is 0 Å². The molecule has 14 heavy (non-hydrogen) atoms. The first-order chi connectivity index (χ1) is 6.74. The van der Waals surface area contributed by atoms with Gasteiger partial charge in [0.15, 0.2) is 0 Å². The molecule has 1 atom stereocenters. The van der Waals surface area contributed by atoms with Gasteiger partial charge in [-0.05, 0) is 54.6 Å². The molecule has 0 spiro atoms. The minimum Gasteiger partial charge on any atom is -0.385 e. The van der Waals surface area contributed by atoms with Gasteiger partial charge in [-0.3, -0.25) is 0 Å². The minimum absolute atomic E-state index is 0.512. The fourth-order valence-corrected chi connectivity index (χ4v) is 2.83. The highest BCUT2D eigenvalue weighted by Crippen LogP contribution is 2.34. The lowest BCUT2D eigenvalue weighted by molar-refractivity contribution is 0.548. The SMILES string of the molecule is CNC1CCNc2ccc(C)c(I)c21. The Kier molecular flexibility index (Phi) is 2.97. The molecule has 76 valence electrons. The molecule has 1 aromatic rings. The van der Waals surface area contributed by atoms with Crippen LogP contribution in [0.3, 0.4) is 0 Å². The second-order valence-corrected chi connectivity index (χ2v) is 4.79. The molecule has 2 N–H and O–H groups in total. The van der Waals surface area contributed by atoms with Gasteiger partial charge in [0.05, 0.1) is 0 Å². The Morgan fingerprint density at radius 1 is 1.50 bits per heavy atom. The van der Waals surface area contributed by atoms with Crippen LogP contribution in [0.2, 0.25) is 0 Å². The number of fused-ring (bicyclic) bond motifs is 1. The van der Waals surface area contributed by atoms with E-state index in [1.54, 1.807) is 0 Å². The third-order valence-electron chi connectivity index (χ3n) is 2.82. The highest BCUT2D eigenvalue weighted by Gasteiger charge is 2.21. The lowest BCUT2D eigenvalue weighted by Gasteiger charge is -2.28. The summed E-state index contributed by atoms with van der Waals surface area (Å²) in [7, 11) is 2.04. The molecule has 0 bridgehead atoms. The maximum absolute atomic E-state index is 3.45. The van der Waals surface area contributed by atoms with E-state index in [1.807, 2.05) is 7.05 Å². The van der Waals surface area contributed by atoms with Crippen molar-refractivity contribution in [3.05, 3.63) is 26.8 Å². The van der Waals surface area contributed by atoms with Crippen molar-refractivity contribution in [3.63, 3.8) is 0 Å². The summed E-state index contributed by atoms with van der Waals surface area (Å²) in [6, 6.07) is 4.89. The first-order valence-corrected chi connectivity index (χ1v) is 6.02. The number of halogens is 1. The van der Waals surface area contributed by atoms with Crippen molar-refractivity contribution in [1.29, 1.82) is 0 Å². The lowest BCUT2D eigenvalue weighted by Crippen LogP contribution is -2.26. The Morgan fingerprint density at radius 2 is 2.29 bits per heavy atom. The van der Waals surface area contributed by atoms with Gasteiger partial charge in [0.25, 0.3) is 0 Å². The van der Waals surface area contributed by atoms with Crippen LogP contribution >= 0.6 is 22.6 Å². The monoisotopic (exact) mass is 302 g/mol. The summed E-state index contributed by atoms with van der Waals surface area (Å²) < 4.78 is 1.40. The lowest BCUT2D eigenvalue weighted by atomic mass is 9.96. The number of benzene rings is 1. The summed E-state index contributed by atoms with van der Waals surface area (Å²) in [5, 5.41) is 6.83. The van der Waals surface area contributed by atoms with Crippen molar-refractivity contribution in [2.24, 2.45) is 0 Å². The summed E-state index contributed by atoms with van der Waals surface area (Å²) in [5.74, 6) is 0. The van der Waals surface area contributed by atoms with Gasteiger partial charge in [0, 0.05) is 27.4 Å². The number of hydrogen-bond acceptors (Lipinski definition) is 2. The molecule has 0 aromatic heterocycles. The molecule has 0 amide bonds. The molecule has 0 radical (unpaired) electrons. The van der Waals surface area contributed by atoms with Crippen LogP contribution in [-0.2, 0) is 0 Å². The van der Waals surface area contributed by atoms with Crippen molar-refractivity contribution >= 4 is 28.3 Å². The van der Waals surface area contributed by atoms with E-state index < -0.39 is 0 Å². The molecule has 2 nitrogen and oxygen atoms in total. The van der Waals surface area contributed by atoms with Crippen LogP contribution in [0.1, 0.15) is 23.6 Å². The maximum Gasteiger partial charge on any atom is 0.0399 e. The molecule has 1 aliphatic rings. The molecule has 1 unspecified atom stereocenters. The van der Waals surface area contributed by atoms with Crippen LogP contribution in [0.5, 0.6) is 0 Å². The first kappa shape index (κ1) is 10.2. The van der Waals surface area contributed by atoms with E-state index in [0.29, 0.717) is 6.04 Å². The Labute approximate surface area is 98.6 Å². The molecular weight excluding hydrogens is 287 g/mol. The van der Waals surface area contributed by atoms with Crippen molar-refractivity contribution in [1.82, 2.24) is 5.32 Å². The molecule has 1 aromatic carbocycles. The molecule has 1 heterocycles. The predicted octanol–water partition coefficient (Wildman–Crippen LogP) is 2.68. The van der Waals surface area contributed by atoms with Crippen LogP contribution in [0.4, 0.5) is 5.69 Å². The van der Waals surface area contributed by atoms with E-state index >= 15 is 0 Å². The van der Waals surface area contributed by atoms with E-state index in [-0.39, 0.29) is 0 Å². The summed E-state index contributed by atoms with van der Waals surface area (Å²) in [4.78, 5) is 0. The normalized spacial score (nSPS) is 20.1. The molecule has 0 fully saturated rings. The number of nitrogens with one attached hydrogen (secondary N) is 2. The van der Waals surface area contributed by atoms with E-state index in [9.17, 15) is 0 Å². The van der Waals surface area contributed by atoms with Crippen molar-refractivity contribution in [2.45, 2.75) is 19.4 Å². The van der Waals surface area contributed by atoms with Crippen LogP contribution < -0.4 is 10.6 Å². The fourth-order valence-electron chi connectivity index (χ4n) is 1.98. The van der Waals surface area contributed by atoms with E-state index in [0.717, 1.165) is 6.54 Å². The van der Waals surface area contributed by atoms with Crippen LogP contribution in [0.15, 0.2) is 12.1 Å². The van der Waals surface area contributed by atoms with Crippen LogP contribution in [0.25, 0.3) is 0 Å². The van der Waals surface area contributed by atoms with Gasteiger partial charge < -0.3 is 10.6 Å². The van der Waals surface area contributed by atoms with Crippen molar-refractivity contribution in [3.8, 4) is 0 Å². The number of aryl methyl sites for hydroxylation is 1. The average Bonchev–Trinajstić information content (AvgIpc) is 2.23. The standard InChI is InChI=1S/C11H15IN2/c1-7-3-4-9-10(11(7)12)8(13-2)5-6-14-9/h3-4,8,13-14H,5-6H2,1-2H3. The highest BCUT2D eigenvalue weighted by atomic mass is 127. The zero-order chi connectivity index (χ0) is 10.1. The average molecular weight is 302 g/mol. The molecule has 0 saturated heterocycles. The van der Waals surface area contributed by atoms with Gasteiger partial charge in [-0.25, -0.2) is 0 Å². The molecule has 0 aliphatic carbocycles. The van der Waals surface area contributed by atoms with Gasteiger partial charge in [-0.1, -0.05) is 6.07 Å². The molecule has 2 rings (SSSR count). The number of rotatable bonds is 1. The van der Waals surface area contributed by atoms with Gasteiger partial charge in [0.2, 0.25) is 0 Å². The van der Waals surface area contributed by atoms with Gasteiger partial charge in [0.1, 0.15) is 0 Å². The Hall–Kier alpha value is -0.290. The Bertz CT molecular complexity index is 349. The molecule has 0 saturated carbocycles. The maximum atomic E-state index is 3.45. The molecular formula is C11H15IN2. The molecule has 3 heteroatoms. The first-order valence-electron chi connectivity index (χ1n) is 4.94. The van der Waals surface area contributed by atoms with Crippen LogP contribution in [0, 0.1) is 10.5 Å². The number of anilines is 1. The summed E-state index contributed by atoms with van der Waals surface area (Å²) >= 11 is 2.45. The largest absolute Gasteiger partial charge is 0.385 e. The third-order valence-corrected chi connectivity index (χ3v) is 4.25. The molecule has 1 aliphatic heterocycles. The zero-order valence-electron chi connectivity index (χ0n) is 8.52. The summed E-state index contributed by atoms with van der Waals surface area (Å²) in [5.41, 5.74) is 4.11. The Balaban J connectivity index is 2.53. The predicted molar refractivity (Wildman–Crippen MR) is 68.8 cm³/mol. The smallest absolute Gasteiger partial charge is 0.0399 e. The summed E-state index contributed by atoms with van der Waals surface area (Å²) in [6.07, 6.45) is 1.17. The third kappa shape index (κ3) is 1.63. The fraction of sp³-hybridized carbons (Fsp3) is 0.455. The van der Waals surface area contributed by atoms with E-state index in [1.165, 1.54) is 26.8 Å². The quantitative estimate of drug-likeness (QED) is 0.779. The second kappa shape index (κ2) is 4.06. The van der Waals surface area contributed by atoms with Crippen LogP contribution in [-0.4, -0.2) is 13.6 Å². The Morgan fingerprint density at radius 3 is 3.00 bits per heavy atom. The summed E-state index contributed by atoms with van der Waals surface area (Å²) in [6.45, 7) is 3.24.